The van der Waals surface area contributed by atoms with E-state index in [1.54, 1.807) is 12.3 Å². The first-order valence-electron chi connectivity index (χ1n) is 6.35. The first kappa shape index (κ1) is 13.6. The van der Waals surface area contributed by atoms with Gasteiger partial charge in [0.05, 0.1) is 0 Å². The number of rotatable bonds is 3. The van der Waals surface area contributed by atoms with Gasteiger partial charge in [-0.15, -0.1) is 0 Å². The van der Waals surface area contributed by atoms with Gasteiger partial charge in [-0.25, -0.2) is 4.98 Å². The quantitative estimate of drug-likeness (QED) is 0.717. The zero-order chi connectivity index (χ0) is 14.8. The second-order valence-electron chi connectivity index (χ2n) is 4.55. The van der Waals surface area contributed by atoms with Crippen molar-refractivity contribution >= 4 is 44.5 Å². The Morgan fingerprint density at radius 1 is 1.24 bits per heavy atom. The summed E-state index contributed by atoms with van der Waals surface area (Å²) in [6, 6.07) is 11.3. The van der Waals surface area contributed by atoms with Gasteiger partial charge in [-0.05, 0) is 24.3 Å². The van der Waals surface area contributed by atoms with Crippen LogP contribution >= 0.6 is 15.9 Å². The summed E-state index contributed by atoms with van der Waals surface area (Å²) in [7, 11) is 0. The first-order valence-corrected chi connectivity index (χ1v) is 7.14. The lowest BCUT2D eigenvalue weighted by Crippen LogP contribution is -2.13. The van der Waals surface area contributed by atoms with E-state index < -0.39 is 5.91 Å². The molecule has 0 atom stereocenters. The third-order valence-corrected chi connectivity index (χ3v) is 3.90. The van der Waals surface area contributed by atoms with E-state index in [2.05, 4.69) is 25.9 Å². The van der Waals surface area contributed by atoms with E-state index in [0.29, 0.717) is 5.57 Å². The molecule has 0 aliphatic carbocycles. The molecule has 0 aliphatic rings. The topological polar surface area (TPSA) is 71.8 Å². The van der Waals surface area contributed by atoms with E-state index in [-0.39, 0.29) is 0 Å². The van der Waals surface area contributed by atoms with Crippen molar-refractivity contribution in [1.29, 1.82) is 0 Å². The van der Waals surface area contributed by atoms with E-state index in [1.165, 1.54) is 0 Å². The van der Waals surface area contributed by atoms with E-state index in [4.69, 9.17) is 5.73 Å². The number of pyridine rings is 1. The number of hydrogen-bond donors (Lipinski definition) is 2. The number of benzene rings is 1. The maximum atomic E-state index is 11.8. The SMILES string of the molecule is NC(=O)C(=Cc1c[nH]c2ncccc12)c1ccccc1Br. The van der Waals surface area contributed by atoms with Crippen molar-refractivity contribution in [1.82, 2.24) is 9.97 Å². The predicted octanol–water partition coefficient (Wildman–Crippen LogP) is 3.35. The van der Waals surface area contributed by atoms with Gasteiger partial charge in [-0.2, -0.15) is 0 Å². The number of carbonyl (C=O) groups is 1. The largest absolute Gasteiger partial charge is 0.366 e. The molecule has 2 aromatic heterocycles. The maximum Gasteiger partial charge on any atom is 0.249 e. The molecule has 5 heteroatoms. The number of hydrogen-bond acceptors (Lipinski definition) is 2. The van der Waals surface area contributed by atoms with Crippen LogP contribution in [-0.2, 0) is 4.79 Å². The normalized spacial score (nSPS) is 11.8. The molecule has 0 fully saturated rings. The molecule has 3 rings (SSSR count). The van der Waals surface area contributed by atoms with Gasteiger partial charge in [-0.3, -0.25) is 4.79 Å². The van der Waals surface area contributed by atoms with E-state index in [1.807, 2.05) is 42.6 Å². The standard InChI is InChI=1S/C16H12BrN3O/c17-14-6-2-1-4-12(14)13(15(18)21)8-10-9-20-16-11(10)5-3-7-19-16/h1-9H,(H2,18,21)(H,19,20). The van der Waals surface area contributed by atoms with E-state index in [9.17, 15) is 4.79 Å². The molecule has 0 spiro atoms. The Morgan fingerprint density at radius 3 is 2.81 bits per heavy atom. The summed E-state index contributed by atoms with van der Waals surface area (Å²) in [4.78, 5) is 19.1. The molecular weight excluding hydrogens is 330 g/mol. The minimum Gasteiger partial charge on any atom is -0.366 e. The van der Waals surface area contributed by atoms with Gasteiger partial charge in [0.2, 0.25) is 5.91 Å². The lowest BCUT2D eigenvalue weighted by Gasteiger charge is -2.06. The zero-order valence-electron chi connectivity index (χ0n) is 11.0. The molecule has 2 heterocycles. The van der Waals surface area contributed by atoms with Crippen LogP contribution in [0.5, 0.6) is 0 Å². The number of nitrogens with zero attached hydrogens (tertiary/aromatic N) is 1. The molecule has 4 nitrogen and oxygen atoms in total. The first-order chi connectivity index (χ1) is 10.2. The average molecular weight is 342 g/mol. The number of nitrogens with one attached hydrogen (secondary N) is 1. The lowest BCUT2D eigenvalue weighted by molar-refractivity contribution is -0.112. The number of amides is 1. The predicted molar refractivity (Wildman–Crippen MR) is 87.3 cm³/mol. The van der Waals surface area contributed by atoms with Crippen molar-refractivity contribution < 1.29 is 4.79 Å². The van der Waals surface area contributed by atoms with Crippen molar-refractivity contribution in [3.8, 4) is 0 Å². The third kappa shape index (κ3) is 2.60. The number of carbonyl (C=O) groups excluding carboxylic acids is 1. The Labute approximate surface area is 129 Å². The Hall–Kier alpha value is -2.40. The minimum atomic E-state index is -0.472. The second kappa shape index (κ2) is 5.54. The highest BCUT2D eigenvalue weighted by molar-refractivity contribution is 9.10. The summed E-state index contributed by atoms with van der Waals surface area (Å²) in [6.07, 6.45) is 5.31. The van der Waals surface area contributed by atoms with Crippen LogP contribution in [0.2, 0.25) is 0 Å². The molecular formula is C16H12BrN3O. The average Bonchev–Trinajstić information content (AvgIpc) is 2.89. The van der Waals surface area contributed by atoms with Gasteiger partial charge in [0.25, 0.3) is 0 Å². The van der Waals surface area contributed by atoms with Crippen LogP contribution in [0.4, 0.5) is 0 Å². The molecule has 0 aliphatic heterocycles. The fourth-order valence-corrected chi connectivity index (χ4v) is 2.71. The Balaban J connectivity index is 2.18. The fourth-order valence-electron chi connectivity index (χ4n) is 2.21. The Kier molecular flexibility index (Phi) is 3.58. The summed E-state index contributed by atoms with van der Waals surface area (Å²) in [5, 5.41) is 0.948. The second-order valence-corrected chi connectivity index (χ2v) is 5.40. The molecule has 1 amide bonds. The number of H-pyrrole nitrogens is 1. The number of primary amides is 1. The zero-order valence-corrected chi connectivity index (χ0v) is 12.6. The number of nitrogens with two attached hydrogens (primary N) is 1. The summed E-state index contributed by atoms with van der Waals surface area (Å²) in [5.74, 6) is -0.472. The molecule has 3 N–H and O–H groups in total. The van der Waals surface area contributed by atoms with Crippen LogP contribution in [0, 0.1) is 0 Å². The Bertz CT molecular complexity index is 851. The van der Waals surface area contributed by atoms with Crippen molar-refractivity contribution in [2.45, 2.75) is 0 Å². The number of fused-ring (bicyclic) bond motifs is 1. The molecule has 0 bridgehead atoms. The number of aromatic amines is 1. The van der Waals surface area contributed by atoms with Crippen LogP contribution in [0.3, 0.4) is 0 Å². The number of halogens is 1. The van der Waals surface area contributed by atoms with Gasteiger partial charge in [0, 0.05) is 39.0 Å². The van der Waals surface area contributed by atoms with Crippen LogP contribution in [-0.4, -0.2) is 15.9 Å². The molecule has 0 saturated heterocycles. The summed E-state index contributed by atoms with van der Waals surface area (Å²) >= 11 is 3.45. The highest BCUT2D eigenvalue weighted by Gasteiger charge is 2.13. The summed E-state index contributed by atoms with van der Waals surface area (Å²) in [6.45, 7) is 0. The number of aromatic nitrogens is 2. The van der Waals surface area contributed by atoms with Crippen LogP contribution in [0.25, 0.3) is 22.7 Å². The molecule has 21 heavy (non-hydrogen) atoms. The van der Waals surface area contributed by atoms with Crippen molar-refractivity contribution in [2.75, 3.05) is 0 Å². The van der Waals surface area contributed by atoms with Gasteiger partial charge in [0.1, 0.15) is 5.65 Å². The Morgan fingerprint density at radius 2 is 2.05 bits per heavy atom. The molecule has 3 aromatic rings. The summed E-state index contributed by atoms with van der Waals surface area (Å²) in [5.41, 5.74) is 8.42. The highest BCUT2D eigenvalue weighted by atomic mass is 79.9. The van der Waals surface area contributed by atoms with Crippen molar-refractivity contribution in [3.05, 3.63) is 64.4 Å². The van der Waals surface area contributed by atoms with Crippen LogP contribution in [0.1, 0.15) is 11.1 Å². The molecule has 0 radical (unpaired) electrons. The molecule has 0 unspecified atom stereocenters. The van der Waals surface area contributed by atoms with Gasteiger partial charge >= 0.3 is 0 Å². The third-order valence-electron chi connectivity index (χ3n) is 3.21. The molecule has 0 saturated carbocycles. The lowest BCUT2D eigenvalue weighted by atomic mass is 10.0. The molecule has 1 aromatic carbocycles. The van der Waals surface area contributed by atoms with Gasteiger partial charge < -0.3 is 10.7 Å². The maximum absolute atomic E-state index is 11.8. The van der Waals surface area contributed by atoms with E-state index in [0.717, 1.165) is 26.6 Å². The van der Waals surface area contributed by atoms with Crippen molar-refractivity contribution in [3.63, 3.8) is 0 Å². The van der Waals surface area contributed by atoms with Gasteiger partial charge in [-0.1, -0.05) is 34.1 Å². The van der Waals surface area contributed by atoms with Gasteiger partial charge in [0.15, 0.2) is 0 Å². The highest BCUT2D eigenvalue weighted by Crippen LogP contribution is 2.27. The summed E-state index contributed by atoms with van der Waals surface area (Å²) < 4.78 is 0.827. The van der Waals surface area contributed by atoms with E-state index >= 15 is 0 Å². The molecule has 104 valence electrons. The van der Waals surface area contributed by atoms with Crippen LogP contribution in [0.15, 0.2) is 53.3 Å². The monoisotopic (exact) mass is 341 g/mol. The van der Waals surface area contributed by atoms with Crippen molar-refractivity contribution in [2.24, 2.45) is 5.73 Å². The minimum absolute atomic E-state index is 0.451. The van der Waals surface area contributed by atoms with Crippen LogP contribution < -0.4 is 5.73 Å². The fraction of sp³-hybridized carbons (Fsp3) is 0. The smallest absolute Gasteiger partial charge is 0.249 e.